The van der Waals surface area contributed by atoms with Crippen LogP contribution < -0.4 is 5.32 Å². The molecule has 1 aliphatic rings. The lowest BCUT2D eigenvalue weighted by atomic mass is 10.0. The summed E-state index contributed by atoms with van der Waals surface area (Å²) in [7, 11) is 0. The molecule has 0 unspecified atom stereocenters. The minimum absolute atomic E-state index is 0.0150. The fraction of sp³-hybridized carbons (Fsp3) is 0.286. The van der Waals surface area contributed by atoms with Crippen molar-refractivity contribution in [1.29, 1.82) is 5.26 Å². The molecule has 0 bridgehead atoms. The van der Waals surface area contributed by atoms with Gasteiger partial charge in [0.25, 0.3) is 5.91 Å². The Morgan fingerprint density at radius 3 is 2.67 bits per heavy atom. The summed E-state index contributed by atoms with van der Waals surface area (Å²) in [6, 6.07) is 10.4. The largest absolute Gasteiger partial charge is 0.478 e. The van der Waals surface area contributed by atoms with Gasteiger partial charge >= 0.3 is 5.97 Å². The van der Waals surface area contributed by atoms with Crippen LogP contribution in [0.25, 0.3) is 17.4 Å². The average molecular weight is 364 g/mol. The molecule has 138 valence electrons. The zero-order valence-corrected chi connectivity index (χ0v) is 15.0. The third kappa shape index (κ3) is 4.09. The number of furan rings is 1. The van der Waals surface area contributed by atoms with Crippen LogP contribution in [0.2, 0.25) is 0 Å². The van der Waals surface area contributed by atoms with Gasteiger partial charge in [0.2, 0.25) is 0 Å². The fourth-order valence-electron chi connectivity index (χ4n) is 3.33. The Morgan fingerprint density at radius 2 is 2.00 bits per heavy atom. The molecule has 0 saturated heterocycles. The molecule has 2 aromatic rings. The number of rotatable bonds is 5. The highest BCUT2D eigenvalue weighted by Crippen LogP contribution is 2.28. The monoisotopic (exact) mass is 364 g/mol. The van der Waals surface area contributed by atoms with Gasteiger partial charge < -0.3 is 14.8 Å². The van der Waals surface area contributed by atoms with Crippen LogP contribution in [0.3, 0.4) is 0 Å². The first-order chi connectivity index (χ1) is 13.0. The molecule has 1 aromatic heterocycles. The number of benzene rings is 1. The molecule has 0 radical (unpaired) electrons. The Kier molecular flexibility index (Phi) is 5.41. The van der Waals surface area contributed by atoms with Crippen LogP contribution in [0, 0.1) is 18.3 Å². The Morgan fingerprint density at radius 1 is 1.26 bits per heavy atom. The number of nitriles is 1. The molecule has 1 amide bonds. The highest BCUT2D eigenvalue weighted by molar-refractivity contribution is 6.01. The minimum atomic E-state index is -1.00. The zero-order chi connectivity index (χ0) is 19.4. The zero-order valence-electron chi connectivity index (χ0n) is 15.0. The van der Waals surface area contributed by atoms with Gasteiger partial charge in [0.15, 0.2) is 0 Å². The number of carbonyl (C=O) groups is 2. The van der Waals surface area contributed by atoms with E-state index in [1.165, 1.54) is 12.1 Å². The van der Waals surface area contributed by atoms with E-state index in [4.69, 9.17) is 4.42 Å². The molecule has 6 heteroatoms. The van der Waals surface area contributed by atoms with E-state index in [0.29, 0.717) is 22.6 Å². The number of carboxylic acid groups (broad SMARTS) is 1. The number of hydrogen-bond acceptors (Lipinski definition) is 4. The SMILES string of the molecule is Cc1c(C(=O)O)cccc1-c1ccc(C=C(C#N)C(=O)NC2CCCC2)o1. The predicted octanol–water partition coefficient (Wildman–Crippen LogP) is 3.92. The molecule has 0 atom stereocenters. The lowest BCUT2D eigenvalue weighted by Gasteiger charge is -2.10. The smallest absolute Gasteiger partial charge is 0.335 e. The summed E-state index contributed by atoms with van der Waals surface area (Å²) in [6.45, 7) is 1.71. The molecule has 6 nitrogen and oxygen atoms in total. The van der Waals surface area contributed by atoms with Gasteiger partial charge in [0.1, 0.15) is 23.2 Å². The quantitative estimate of drug-likeness (QED) is 0.618. The Labute approximate surface area is 157 Å². The van der Waals surface area contributed by atoms with E-state index in [1.807, 2.05) is 6.07 Å². The number of carboxylic acids is 1. The van der Waals surface area contributed by atoms with Gasteiger partial charge in [-0.25, -0.2) is 4.79 Å². The molecular formula is C21H20N2O4. The van der Waals surface area contributed by atoms with Crippen molar-refractivity contribution < 1.29 is 19.1 Å². The highest BCUT2D eigenvalue weighted by Gasteiger charge is 2.20. The number of amides is 1. The molecule has 2 N–H and O–H groups in total. The van der Waals surface area contributed by atoms with Crippen molar-refractivity contribution in [1.82, 2.24) is 5.32 Å². The van der Waals surface area contributed by atoms with Crippen molar-refractivity contribution in [3.63, 3.8) is 0 Å². The van der Waals surface area contributed by atoms with Gasteiger partial charge in [-0.3, -0.25) is 4.79 Å². The van der Waals surface area contributed by atoms with Crippen molar-refractivity contribution in [2.24, 2.45) is 0 Å². The average Bonchev–Trinajstić information content (AvgIpc) is 3.31. The maximum atomic E-state index is 12.3. The third-order valence-electron chi connectivity index (χ3n) is 4.80. The van der Waals surface area contributed by atoms with Crippen LogP contribution >= 0.6 is 0 Å². The van der Waals surface area contributed by atoms with Gasteiger partial charge in [-0.1, -0.05) is 25.0 Å². The lowest BCUT2D eigenvalue weighted by molar-refractivity contribution is -0.117. The number of nitrogens with zero attached hydrogens (tertiary/aromatic N) is 1. The number of nitrogens with one attached hydrogen (secondary N) is 1. The molecule has 27 heavy (non-hydrogen) atoms. The molecule has 1 fully saturated rings. The van der Waals surface area contributed by atoms with E-state index in [0.717, 1.165) is 25.7 Å². The number of hydrogen-bond donors (Lipinski definition) is 2. The van der Waals surface area contributed by atoms with Crippen molar-refractivity contribution >= 4 is 18.0 Å². The Balaban J connectivity index is 1.83. The molecule has 3 rings (SSSR count). The molecule has 0 aliphatic heterocycles. The summed E-state index contributed by atoms with van der Waals surface area (Å²) >= 11 is 0. The van der Waals surface area contributed by atoms with Gasteiger partial charge in [-0.15, -0.1) is 0 Å². The van der Waals surface area contributed by atoms with Crippen LogP contribution in [0.15, 0.2) is 40.3 Å². The molecular weight excluding hydrogens is 344 g/mol. The van der Waals surface area contributed by atoms with E-state index < -0.39 is 11.9 Å². The van der Waals surface area contributed by atoms with Crippen molar-refractivity contribution in [3.05, 3.63) is 52.8 Å². The predicted molar refractivity (Wildman–Crippen MR) is 99.8 cm³/mol. The standard InChI is InChI=1S/C21H20N2O4/c1-13-17(7-4-8-18(13)21(25)26)19-10-9-16(27-19)11-14(12-22)20(24)23-15-5-2-3-6-15/h4,7-11,15H,2-3,5-6H2,1H3,(H,23,24)(H,25,26). The number of carbonyl (C=O) groups excluding carboxylic acids is 1. The number of aromatic carboxylic acids is 1. The third-order valence-corrected chi connectivity index (χ3v) is 4.80. The van der Waals surface area contributed by atoms with Gasteiger partial charge in [-0.05, 0) is 43.5 Å². The van der Waals surface area contributed by atoms with E-state index in [2.05, 4.69) is 5.32 Å². The molecule has 1 aromatic carbocycles. The Hall–Kier alpha value is -3.33. The second kappa shape index (κ2) is 7.92. The van der Waals surface area contributed by atoms with Crippen LogP contribution in [-0.4, -0.2) is 23.0 Å². The van der Waals surface area contributed by atoms with E-state index in [9.17, 15) is 20.0 Å². The second-order valence-electron chi connectivity index (χ2n) is 6.61. The van der Waals surface area contributed by atoms with Gasteiger partial charge in [0.05, 0.1) is 5.56 Å². The van der Waals surface area contributed by atoms with Crippen molar-refractivity contribution in [3.8, 4) is 17.4 Å². The first-order valence-corrected chi connectivity index (χ1v) is 8.85. The molecule has 1 saturated carbocycles. The topological polar surface area (TPSA) is 103 Å². The van der Waals surface area contributed by atoms with Crippen LogP contribution in [-0.2, 0) is 4.79 Å². The van der Waals surface area contributed by atoms with Crippen LogP contribution in [0.1, 0.15) is 47.4 Å². The molecule has 1 aliphatic carbocycles. The maximum absolute atomic E-state index is 12.3. The first-order valence-electron chi connectivity index (χ1n) is 8.85. The summed E-state index contributed by atoms with van der Waals surface area (Å²) < 4.78 is 5.74. The van der Waals surface area contributed by atoms with Crippen LogP contribution in [0.5, 0.6) is 0 Å². The normalized spacial score (nSPS) is 14.7. The van der Waals surface area contributed by atoms with E-state index >= 15 is 0 Å². The molecule has 1 heterocycles. The minimum Gasteiger partial charge on any atom is -0.478 e. The fourth-order valence-corrected chi connectivity index (χ4v) is 3.33. The van der Waals surface area contributed by atoms with Crippen molar-refractivity contribution in [2.75, 3.05) is 0 Å². The summed E-state index contributed by atoms with van der Waals surface area (Å²) in [5, 5.41) is 21.4. The summed E-state index contributed by atoms with van der Waals surface area (Å²) in [5.74, 6) is -0.554. The Bertz CT molecular complexity index is 943. The lowest BCUT2D eigenvalue weighted by Crippen LogP contribution is -2.33. The molecule has 0 spiro atoms. The van der Waals surface area contributed by atoms with Crippen LogP contribution in [0.4, 0.5) is 0 Å². The summed E-state index contributed by atoms with van der Waals surface area (Å²) in [4.78, 5) is 23.6. The maximum Gasteiger partial charge on any atom is 0.335 e. The van der Waals surface area contributed by atoms with Gasteiger partial charge in [-0.2, -0.15) is 5.26 Å². The highest BCUT2D eigenvalue weighted by atomic mass is 16.4. The first kappa shape index (κ1) is 18.5. The van der Waals surface area contributed by atoms with Crippen molar-refractivity contribution in [2.45, 2.75) is 38.6 Å². The van der Waals surface area contributed by atoms with E-state index in [-0.39, 0.29) is 17.2 Å². The summed E-state index contributed by atoms with van der Waals surface area (Å²) in [6.07, 6.45) is 5.47. The van der Waals surface area contributed by atoms with Gasteiger partial charge in [0, 0.05) is 17.7 Å². The second-order valence-corrected chi connectivity index (χ2v) is 6.61. The summed E-state index contributed by atoms with van der Waals surface area (Å²) in [5.41, 5.74) is 1.44. The van der Waals surface area contributed by atoms with E-state index in [1.54, 1.807) is 31.2 Å².